The molecule has 0 bridgehead atoms. The lowest BCUT2D eigenvalue weighted by atomic mass is 9.92. The van der Waals surface area contributed by atoms with E-state index in [9.17, 15) is 10.2 Å². The third-order valence-corrected chi connectivity index (χ3v) is 4.04. The Morgan fingerprint density at radius 2 is 2.40 bits per heavy atom. The van der Waals surface area contributed by atoms with E-state index in [-0.39, 0.29) is 12.7 Å². The fraction of sp³-hybridized carbons (Fsp3) is 0.529. The van der Waals surface area contributed by atoms with Crippen molar-refractivity contribution in [3.05, 3.63) is 23.3 Å². The van der Waals surface area contributed by atoms with Gasteiger partial charge in [-0.2, -0.15) is 0 Å². The van der Waals surface area contributed by atoms with Gasteiger partial charge in [0, 0.05) is 12.0 Å². The molecule has 3 nitrogen and oxygen atoms in total. The SMILES string of the molecule is OC[C@@H](O)[C@]12C#CC3=CCCC/C3=C/C#CCC[C@H]1O2. The summed E-state index contributed by atoms with van der Waals surface area (Å²) >= 11 is 0. The molecule has 0 unspecified atom stereocenters. The maximum Gasteiger partial charge on any atom is 0.183 e. The predicted molar refractivity (Wildman–Crippen MR) is 75.5 cm³/mol. The number of hydrogen-bond acceptors (Lipinski definition) is 3. The maximum atomic E-state index is 9.98. The minimum absolute atomic E-state index is 0.128. The second kappa shape index (κ2) is 5.46. The van der Waals surface area contributed by atoms with Crippen LogP contribution in [-0.2, 0) is 4.74 Å². The molecule has 0 aromatic heterocycles. The molecule has 3 aliphatic rings. The number of rotatable bonds is 2. The summed E-state index contributed by atoms with van der Waals surface area (Å²) in [5.74, 6) is 12.4. The van der Waals surface area contributed by atoms with Crippen molar-refractivity contribution in [1.29, 1.82) is 0 Å². The fourth-order valence-corrected chi connectivity index (χ4v) is 2.76. The topological polar surface area (TPSA) is 53.0 Å². The zero-order valence-corrected chi connectivity index (χ0v) is 11.4. The average molecular weight is 270 g/mol. The average Bonchev–Trinajstić information content (AvgIpc) is 3.19. The highest BCUT2D eigenvalue weighted by atomic mass is 16.6. The highest BCUT2D eigenvalue weighted by molar-refractivity contribution is 5.51. The molecule has 3 heteroatoms. The highest BCUT2D eigenvalue weighted by Crippen LogP contribution is 2.42. The van der Waals surface area contributed by atoms with Gasteiger partial charge in [0.25, 0.3) is 0 Å². The van der Waals surface area contributed by atoms with Crippen LogP contribution < -0.4 is 0 Å². The van der Waals surface area contributed by atoms with Crippen molar-refractivity contribution >= 4 is 0 Å². The summed E-state index contributed by atoms with van der Waals surface area (Å²) < 4.78 is 5.61. The molecular weight excluding hydrogens is 252 g/mol. The lowest BCUT2D eigenvalue weighted by Gasteiger charge is -2.13. The fourth-order valence-electron chi connectivity index (χ4n) is 2.76. The predicted octanol–water partition coefficient (Wildman–Crippen LogP) is 1.31. The Bertz CT molecular complexity index is 579. The summed E-state index contributed by atoms with van der Waals surface area (Å²) in [6.07, 6.45) is 7.61. The van der Waals surface area contributed by atoms with Crippen LogP contribution in [0.4, 0.5) is 0 Å². The summed E-state index contributed by atoms with van der Waals surface area (Å²) in [7, 11) is 0. The lowest BCUT2D eigenvalue weighted by Crippen LogP contribution is -2.34. The molecule has 104 valence electrons. The molecule has 1 heterocycles. The largest absolute Gasteiger partial charge is 0.394 e. The number of ether oxygens (including phenoxy) is 1. The molecule has 3 atom stereocenters. The van der Waals surface area contributed by atoms with Crippen LogP contribution in [-0.4, -0.2) is 34.6 Å². The first-order valence-corrected chi connectivity index (χ1v) is 7.14. The van der Waals surface area contributed by atoms with Gasteiger partial charge in [-0.1, -0.05) is 29.8 Å². The van der Waals surface area contributed by atoms with Crippen LogP contribution in [0.15, 0.2) is 23.3 Å². The Hall–Kier alpha value is -1.52. The maximum absolute atomic E-state index is 9.98. The van der Waals surface area contributed by atoms with Gasteiger partial charge in [-0.3, -0.25) is 0 Å². The van der Waals surface area contributed by atoms with Gasteiger partial charge in [-0.25, -0.2) is 0 Å². The van der Waals surface area contributed by atoms with E-state index < -0.39 is 11.7 Å². The van der Waals surface area contributed by atoms with Gasteiger partial charge >= 0.3 is 0 Å². The summed E-state index contributed by atoms with van der Waals surface area (Å²) in [5.41, 5.74) is 1.26. The van der Waals surface area contributed by atoms with Crippen molar-refractivity contribution in [2.24, 2.45) is 0 Å². The van der Waals surface area contributed by atoms with Gasteiger partial charge in [0.05, 0.1) is 6.61 Å². The molecule has 1 saturated heterocycles. The number of hydrogen-bond donors (Lipinski definition) is 2. The molecule has 2 N–H and O–H groups in total. The smallest absolute Gasteiger partial charge is 0.183 e. The standard InChI is InChI=1S/C17H18O3/c18-12-15(19)17-11-10-14-8-5-4-7-13(14)6-2-1-3-9-16(17)20-17/h6,8,15-16,18-19H,3-5,7,9,12H2/b13-6-/t15-,16-,17-/m1/s1. The number of fused-ring (bicyclic) bond motifs is 2. The minimum atomic E-state index is -0.953. The van der Waals surface area contributed by atoms with Crippen LogP contribution in [0.5, 0.6) is 0 Å². The second-order valence-corrected chi connectivity index (χ2v) is 5.39. The van der Waals surface area contributed by atoms with Gasteiger partial charge < -0.3 is 14.9 Å². The third kappa shape index (κ3) is 2.41. The molecule has 1 aliphatic heterocycles. The van der Waals surface area contributed by atoms with Gasteiger partial charge in [0.15, 0.2) is 5.60 Å². The highest BCUT2D eigenvalue weighted by Gasteiger charge is 2.60. The Morgan fingerprint density at radius 1 is 1.50 bits per heavy atom. The van der Waals surface area contributed by atoms with E-state index in [0.717, 1.165) is 37.7 Å². The summed E-state index contributed by atoms with van der Waals surface area (Å²) in [4.78, 5) is 0. The van der Waals surface area contributed by atoms with Crippen molar-refractivity contribution in [2.45, 2.75) is 49.9 Å². The Balaban J connectivity index is 1.96. The van der Waals surface area contributed by atoms with Crippen LogP contribution in [0.25, 0.3) is 0 Å². The van der Waals surface area contributed by atoms with Crippen molar-refractivity contribution in [3.63, 3.8) is 0 Å². The van der Waals surface area contributed by atoms with Gasteiger partial charge in [0.1, 0.15) is 12.2 Å². The summed E-state index contributed by atoms with van der Waals surface area (Å²) in [6, 6.07) is 0. The Labute approximate surface area is 119 Å². The van der Waals surface area contributed by atoms with Gasteiger partial charge in [0.2, 0.25) is 0 Å². The molecule has 0 spiro atoms. The molecule has 2 aliphatic carbocycles. The Kier molecular flexibility index (Phi) is 3.68. The van der Waals surface area contributed by atoms with Crippen LogP contribution in [0.1, 0.15) is 32.1 Å². The zero-order chi connectivity index (χ0) is 14.0. The van der Waals surface area contributed by atoms with Crippen molar-refractivity contribution in [3.8, 4) is 23.7 Å². The van der Waals surface area contributed by atoms with E-state index in [1.165, 1.54) is 5.57 Å². The summed E-state index contributed by atoms with van der Waals surface area (Å²) in [6.45, 7) is -0.335. The van der Waals surface area contributed by atoms with Crippen molar-refractivity contribution in [1.82, 2.24) is 0 Å². The number of epoxide rings is 1. The van der Waals surface area contributed by atoms with E-state index in [2.05, 4.69) is 29.8 Å². The first-order chi connectivity index (χ1) is 9.76. The van der Waals surface area contributed by atoms with Crippen molar-refractivity contribution in [2.75, 3.05) is 6.61 Å². The number of aliphatic hydroxyl groups excluding tert-OH is 2. The molecule has 3 rings (SSSR count). The monoisotopic (exact) mass is 270 g/mol. The number of allylic oxidation sites excluding steroid dienone is 4. The molecule has 20 heavy (non-hydrogen) atoms. The van der Waals surface area contributed by atoms with Crippen LogP contribution in [0.2, 0.25) is 0 Å². The molecule has 1 fully saturated rings. The van der Waals surface area contributed by atoms with E-state index in [1.807, 2.05) is 6.08 Å². The van der Waals surface area contributed by atoms with E-state index in [0.29, 0.717) is 0 Å². The molecule has 0 aromatic carbocycles. The Morgan fingerprint density at radius 3 is 3.25 bits per heavy atom. The molecule has 0 aromatic rings. The lowest BCUT2D eigenvalue weighted by molar-refractivity contribution is 0.0483. The van der Waals surface area contributed by atoms with E-state index >= 15 is 0 Å². The number of aliphatic hydroxyl groups is 2. The molecular formula is C17H18O3. The van der Waals surface area contributed by atoms with E-state index in [4.69, 9.17) is 4.74 Å². The summed E-state index contributed by atoms with van der Waals surface area (Å²) in [5, 5.41) is 19.2. The zero-order valence-electron chi connectivity index (χ0n) is 11.4. The quantitative estimate of drug-likeness (QED) is 0.587. The normalized spacial score (nSPS) is 35.2. The van der Waals surface area contributed by atoms with Gasteiger partial charge in [-0.05, 0) is 37.3 Å². The molecule has 0 radical (unpaired) electrons. The van der Waals surface area contributed by atoms with Crippen LogP contribution in [0.3, 0.4) is 0 Å². The van der Waals surface area contributed by atoms with E-state index in [1.54, 1.807) is 0 Å². The van der Waals surface area contributed by atoms with Crippen molar-refractivity contribution < 1.29 is 14.9 Å². The van der Waals surface area contributed by atoms with Crippen LogP contribution in [0, 0.1) is 23.7 Å². The first-order valence-electron chi connectivity index (χ1n) is 7.14. The third-order valence-electron chi connectivity index (χ3n) is 4.04. The first kappa shape index (κ1) is 13.5. The minimum Gasteiger partial charge on any atom is -0.394 e. The molecule has 0 amide bonds. The second-order valence-electron chi connectivity index (χ2n) is 5.39. The van der Waals surface area contributed by atoms with Gasteiger partial charge in [-0.15, -0.1) is 0 Å². The van der Waals surface area contributed by atoms with Crippen LogP contribution >= 0.6 is 0 Å². The molecule has 0 saturated carbocycles.